The first-order chi connectivity index (χ1) is 8.22. The maximum Gasteiger partial charge on any atom is 0.276 e. The lowest BCUT2D eigenvalue weighted by Crippen LogP contribution is -2.45. The van der Waals surface area contributed by atoms with Crippen molar-refractivity contribution < 1.29 is 4.79 Å². The Kier molecular flexibility index (Phi) is 3.73. The summed E-state index contributed by atoms with van der Waals surface area (Å²) in [4.78, 5) is 16.3. The molecule has 0 spiro atoms. The molecule has 1 aliphatic rings. The molecule has 1 aromatic heterocycles. The molecule has 0 saturated carbocycles. The number of aromatic nitrogens is 3. The number of piperidine rings is 1. The third kappa shape index (κ3) is 2.63. The van der Waals surface area contributed by atoms with E-state index >= 15 is 0 Å². The smallest absolute Gasteiger partial charge is 0.276 e. The lowest BCUT2D eigenvalue weighted by molar-refractivity contribution is 0.0641. The van der Waals surface area contributed by atoms with Crippen LogP contribution in [0.4, 0.5) is 0 Å². The van der Waals surface area contributed by atoms with E-state index in [1.54, 1.807) is 4.90 Å². The van der Waals surface area contributed by atoms with Gasteiger partial charge in [0.1, 0.15) is 0 Å². The van der Waals surface area contributed by atoms with Gasteiger partial charge in [-0.3, -0.25) is 4.79 Å². The molecular formula is C11H19N5O. The number of H-pyrrole nitrogens is 1. The van der Waals surface area contributed by atoms with E-state index in [-0.39, 0.29) is 5.91 Å². The van der Waals surface area contributed by atoms with Crippen LogP contribution in [0.1, 0.15) is 30.3 Å². The minimum atomic E-state index is -0.0475. The fraction of sp³-hybridized carbons (Fsp3) is 0.727. The summed E-state index contributed by atoms with van der Waals surface area (Å²) in [6, 6.07) is 0.321. The van der Waals surface area contributed by atoms with Crippen molar-refractivity contribution in [3.63, 3.8) is 0 Å². The summed E-state index contributed by atoms with van der Waals surface area (Å²) >= 11 is 0. The van der Waals surface area contributed by atoms with Crippen molar-refractivity contribution in [2.45, 2.75) is 25.8 Å². The molecule has 1 aromatic rings. The molecule has 1 N–H and O–H groups in total. The van der Waals surface area contributed by atoms with Gasteiger partial charge in [0.15, 0.2) is 5.69 Å². The van der Waals surface area contributed by atoms with E-state index in [0.29, 0.717) is 11.7 Å². The monoisotopic (exact) mass is 237 g/mol. The van der Waals surface area contributed by atoms with Gasteiger partial charge in [0, 0.05) is 26.2 Å². The molecule has 2 rings (SSSR count). The molecule has 2 heterocycles. The Labute approximate surface area is 101 Å². The molecule has 1 amide bonds. The topological polar surface area (TPSA) is 65.1 Å². The van der Waals surface area contributed by atoms with Crippen molar-refractivity contribution in [2.24, 2.45) is 0 Å². The van der Waals surface area contributed by atoms with Crippen molar-refractivity contribution in [1.82, 2.24) is 25.2 Å². The molecule has 94 valence electrons. The zero-order chi connectivity index (χ0) is 12.3. The Morgan fingerprint density at radius 1 is 1.59 bits per heavy atom. The molecule has 1 saturated heterocycles. The maximum atomic E-state index is 12.0. The van der Waals surface area contributed by atoms with Crippen LogP contribution in [-0.2, 0) is 0 Å². The normalized spacial score (nSPS) is 18.2. The minimum Gasteiger partial charge on any atom is -0.337 e. The summed E-state index contributed by atoms with van der Waals surface area (Å²) in [5.41, 5.74) is 0.394. The van der Waals surface area contributed by atoms with E-state index in [1.165, 1.54) is 6.20 Å². The van der Waals surface area contributed by atoms with Crippen LogP contribution in [0.5, 0.6) is 0 Å². The van der Waals surface area contributed by atoms with Crippen molar-refractivity contribution in [3.8, 4) is 0 Å². The molecule has 1 fully saturated rings. The highest BCUT2D eigenvalue weighted by atomic mass is 16.2. The zero-order valence-corrected chi connectivity index (χ0v) is 10.4. The molecule has 0 bridgehead atoms. The van der Waals surface area contributed by atoms with E-state index in [4.69, 9.17) is 0 Å². The van der Waals surface area contributed by atoms with Gasteiger partial charge in [-0.1, -0.05) is 6.92 Å². The molecule has 1 aliphatic heterocycles. The van der Waals surface area contributed by atoms with Crippen molar-refractivity contribution in [1.29, 1.82) is 0 Å². The Hall–Kier alpha value is -1.43. The number of amides is 1. The molecule has 0 unspecified atom stereocenters. The van der Waals surface area contributed by atoms with Gasteiger partial charge in [-0.25, -0.2) is 0 Å². The Morgan fingerprint density at radius 2 is 2.29 bits per heavy atom. The van der Waals surface area contributed by atoms with Crippen LogP contribution in [0.3, 0.4) is 0 Å². The third-order valence-electron chi connectivity index (χ3n) is 3.51. The van der Waals surface area contributed by atoms with Gasteiger partial charge in [0.25, 0.3) is 5.91 Å². The van der Waals surface area contributed by atoms with Gasteiger partial charge in [-0.05, 0) is 19.4 Å². The van der Waals surface area contributed by atoms with Gasteiger partial charge in [0.2, 0.25) is 0 Å². The van der Waals surface area contributed by atoms with E-state index < -0.39 is 0 Å². The second-order valence-corrected chi connectivity index (χ2v) is 4.44. The number of nitrogens with zero attached hydrogens (tertiary/aromatic N) is 4. The van der Waals surface area contributed by atoms with Crippen LogP contribution < -0.4 is 0 Å². The van der Waals surface area contributed by atoms with Crippen molar-refractivity contribution in [2.75, 3.05) is 26.7 Å². The number of rotatable bonds is 3. The molecule has 0 aliphatic carbocycles. The molecule has 6 heteroatoms. The summed E-state index contributed by atoms with van der Waals surface area (Å²) in [5.74, 6) is -0.0475. The average Bonchev–Trinajstić information content (AvgIpc) is 2.91. The van der Waals surface area contributed by atoms with Gasteiger partial charge < -0.3 is 9.80 Å². The summed E-state index contributed by atoms with van der Waals surface area (Å²) in [6.07, 6.45) is 3.54. The number of carbonyl (C=O) groups is 1. The molecule has 0 atom stereocenters. The second-order valence-electron chi connectivity index (χ2n) is 4.44. The summed E-state index contributed by atoms with van der Waals surface area (Å²) < 4.78 is 0. The van der Waals surface area contributed by atoms with Crippen LogP contribution in [0, 0.1) is 0 Å². The first-order valence-electron chi connectivity index (χ1n) is 6.07. The van der Waals surface area contributed by atoms with E-state index in [1.807, 2.05) is 7.05 Å². The lowest BCUT2D eigenvalue weighted by Gasteiger charge is -2.35. The summed E-state index contributed by atoms with van der Waals surface area (Å²) in [5, 5.41) is 9.96. The Balaban J connectivity index is 1.92. The molecule has 0 aromatic carbocycles. The molecule has 6 nitrogen and oxygen atoms in total. The highest BCUT2D eigenvalue weighted by Crippen LogP contribution is 2.16. The van der Waals surface area contributed by atoms with Crippen molar-refractivity contribution >= 4 is 5.91 Å². The number of hydrogen-bond donors (Lipinski definition) is 1. The van der Waals surface area contributed by atoms with Gasteiger partial charge in [0.05, 0.1) is 6.20 Å². The number of aromatic amines is 1. The predicted molar refractivity (Wildman–Crippen MR) is 63.6 cm³/mol. The quantitative estimate of drug-likeness (QED) is 0.824. The third-order valence-corrected chi connectivity index (χ3v) is 3.51. The fourth-order valence-electron chi connectivity index (χ4n) is 2.27. The van der Waals surface area contributed by atoms with Crippen LogP contribution in [0.25, 0.3) is 0 Å². The Bertz CT molecular complexity index is 356. The lowest BCUT2D eigenvalue weighted by atomic mass is 10.0. The molecular weight excluding hydrogens is 218 g/mol. The zero-order valence-electron chi connectivity index (χ0n) is 10.4. The highest BCUT2D eigenvalue weighted by molar-refractivity contribution is 5.91. The van der Waals surface area contributed by atoms with Crippen molar-refractivity contribution in [3.05, 3.63) is 11.9 Å². The average molecular weight is 237 g/mol. The first kappa shape index (κ1) is 12.0. The second kappa shape index (κ2) is 5.27. The van der Waals surface area contributed by atoms with E-state index in [0.717, 1.165) is 32.5 Å². The van der Waals surface area contributed by atoms with Crippen LogP contribution in [0.2, 0.25) is 0 Å². The highest BCUT2D eigenvalue weighted by Gasteiger charge is 2.26. The molecule has 0 radical (unpaired) electrons. The van der Waals surface area contributed by atoms with E-state index in [2.05, 4.69) is 27.2 Å². The number of hydrogen-bond acceptors (Lipinski definition) is 4. The Morgan fingerprint density at radius 3 is 2.82 bits per heavy atom. The van der Waals surface area contributed by atoms with Gasteiger partial charge >= 0.3 is 0 Å². The standard InChI is InChI=1S/C11H19N5O/c1-3-16-6-4-9(5-7-16)15(2)11(17)10-8-12-14-13-10/h8-9H,3-7H2,1-2H3,(H,12,13,14). The largest absolute Gasteiger partial charge is 0.337 e. The van der Waals surface area contributed by atoms with E-state index in [9.17, 15) is 4.79 Å². The summed E-state index contributed by atoms with van der Waals surface area (Å²) in [7, 11) is 1.85. The fourth-order valence-corrected chi connectivity index (χ4v) is 2.27. The number of likely N-dealkylation sites (tertiary alicyclic amines) is 1. The van der Waals surface area contributed by atoms with Crippen LogP contribution in [0.15, 0.2) is 6.20 Å². The SMILES string of the molecule is CCN1CCC(N(C)C(=O)c2cn[nH]n2)CC1. The summed E-state index contributed by atoms with van der Waals surface area (Å²) in [6.45, 7) is 5.40. The first-order valence-corrected chi connectivity index (χ1v) is 6.07. The molecule has 17 heavy (non-hydrogen) atoms. The number of nitrogens with one attached hydrogen (secondary N) is 1. The predicted octanol–water partition coefficient (Wildman–Crippen LogP) is 0.361. The van der Waals surface area contributed by atoms with Crippen LogP contribution in [-0.4, -0.2) is 63.8 Å². The van der Waals surface area contributed by atoms with Gasteiger partial charge in [-0.2, -0.15) is 15.4 Å². The van der Waals surface area contributed by atoms with Gasteiger partial charge in [-0.15, -0.1) is 0 Å². The number of carbonyl (C=O) groups excluding carboxylic acids is 1. The van der Waals surface area contributed by atoms with Crippen LogP contribution >= 0.6 is 0 Å². The minimum absolute atomic E-state index is 0.0475. The maximum absolute atomic E-state index is 12.0.